The Balaban J connectivity index is 2.12. The molecule has 1 heterocycles. The number of anilines is 1. The van der Waals surface area contributed by atoms with Crippen molar-refractivity contribution in [2.24, 2.45) is 0 Å². The standard InChI is InChI=1S/C13H18BrN3O/c1-16-5-2-6-17(8-7-16)13(18)10-3-4-11(14)12(15)9-10/h3-4,9H,2,5-8,15H2,1H3. The van der Waals surface area contributed by atoms with Gasteiger partial charge in [-0.15, -0.1) is 0 Å². The second kappa shape index (κ2) is 5.71. The lowest BCUT2D eigenvalue weighted by atomic mass is 10.1. The van der Waals surface area contributed by atoms with Crippen molar-refractivity contribution in [1.82, 2.24) is 9.80 Å². The van der Waals surface area contributed by atoms with Crippen LogP contribution in [0.5, 0.6) is 0 Å². The summed E-state index contributed by atoms with van der Waals surface area (Å²) in [6.07, 6.45) is 1.02. The number of nitrogens with zero attached hydrogens (tertiary/aromatic N) is 2. The van der Waals surface area contributed by atoms with Crippen LogP contribution in [0.1, 0.15) is 16.8 Å². The Morgan fingerprint density at radius 3 is 2.78 bits per heavy atom. The molecular weight excluding hydrogens is 294 g/mol. The molecule has 0 bridgehead atoms. The van der Waals surface area contributed by atoms with E-state index in [0.717, 1.165) is 37.1 Å². The van der Waals surface area contributed by atoms with Crippen LogP contribution in [0, 0.1) is 0 Å². The Hall–Kier alpha value is -1.07. The molecular formula is C13H18BrN3O. The highest BCUT2D eigenvalue weighted by atomic mass is 79.9. The van der Waals surface area contributed by atoms with E-state index < -0.39 is 0 Å². The van der Waals surface area contributed by atoms with Gasteiger partial charge in [-0.3, -0.25) is 4.79 Å². The molecule has 0 spiro atoms. The van der Waals surface area contributed by atoms with Gasteiger partial charge in [0.2, 0.25) is 0 Å². The number of likely N-dealkylation sites (N-methyl/N-ethyl adjacent to an activating group) is 1. The van der Waals surface area contributed by atoms with E-state index in [9.17, 15) is 4.79 Å². The lowest BCUT2D eigenvalue weighted by molar-refractivity contribution is 0.0763. The van der Waals surface area contributed by atoms with Crippen molar-refractivity contribution in [3.8, 4) is 0 Å². The normalized spacial score (nSPS) is 17.6. The molecule has 0 aliphatic carbocycles. The van der Waals surface area contributed by atoms with Gasteiger partial charge in [-0.1, -0.05) is 0 Å². The summed E-state index contributed by atoms with van der Waals surface area (Å²) in [4.78, 5) is 16.5. The summed E-state index contributed by atoms with van der Waals surface area (Å²) < 4.78 is 0.828. The molecule has 1 amide bonds. The summed E-state index contributed by atoms with van der Waals surface area (Å²) in [5.74, 6) is 0.0736. The zero-order valence-electron chi connectivity index (χ0n) is 10.5. The first-order valence-corrected chi connectivity index (χ1v) is 6.90. The third-order valence-corrected chi connectivity index (χ3v) is 3.97. The molecule has 2 rings (SSSR count). The molecule has 0 atom stereocenters. The van der Waals surface area contributed by atoms with E-state index in [1.165, 1.54) is 0 Å². The Bertz CT molecular complexity index is 450. The van der Waals surface area contributed by atoms with E-state index >= 15 is 0 Å². The van der Waals surface area contributed by atoms with Gasteiger partial charge in [-0.2, -0.15) is 0 Å². The Morgan fingerprint density at radius 2 is 2.06 bits per heavy atom. The molecule has 1 aromatic carbocycles. The van der Waals surface area contributed by atoms with Crippen molar-refractivity contribution >= 4 is 27.5 Å². The van der Waals surface area contributed by atoms with E-state index in [1.54, 1.807) is 6.07 Å². The quantitative estimate of drug-likeness (QED) is 0.805. The van der Waals surface area contributed by atoms with Crippen molar-refractivity contribution in [2.75, 3.05) is 39.0 Å². The van der Waals surface area contributed by atoms with Gasteiger partial charge in [-0.25, -0.2) is 0 Å². The number of benzene rings is 1. The van der Waals surface area contributed by atoms with E-state index in [4.69, 9.17) is 5.73 Å². The van der Waals surface area contributed by atoms with Gasteiger partial charge < -0.3 is 15.5 Å². The minimum Gasteiger partial charge on any atom is -0.398 e. The van der Waals surface area contributed by atoms with Crippen LogP contribution in [0.2, 0.25) is 0 Å². The fourth-order valence-corrected chi connectivity index (χ4v) is 2.36. The van der Waals surface area contributed by atoms with Crippen LogP contribution in [-0.4, -0.2) is 48.9 Å². The number of hydrogen-bond acceptors (Lipinski definition) is 3. The van der Waals surface area contributed by atoms with Crippen LogP contribution < -0.4 is 5.73 Å². The SMILES string of the molecule is CN1CCCN(C(=O)c2ccc(Br)c(N)c2)CC1. The first-order valence-electron chi connectivity index (χ1n) is 6.11. The van der Waals surface area contributed by atoms with Crippen LogP contribution in [0.15, 0.2) is 22.7 Å². The molecule has 1 aromatic rings. The molecule has 0 radical (unpaired) electrons. The highest BCUT2D eigenvalue weighted by Gasteiger charge is 2.19. The molecule has 2 N–H and O–H groups in total. The number of amides is 1. The Labute approximate surface area is 116 Å². The van der Waals surface area contributed by atoms with E-state index in [2.05, 4.69) is 27.9 Å². The molecule has 98 valence electrons. The van der Waals surface area contributed by atoms with Crippen molar-refractivity contribution in [1.29, 1.82) is 0 Å². The average Bonchev–Trinajstić information content (AvgIpc) is 2.57. The topological polar surface area (TPSA) is 49.6 Å². The van der Waals surface area contributed by atoms with Gasteiger partial charge in [0.25, 0.3) is 5.91 Å². The largest absolute Gasteiger partial charge is 0.398 e. The lowest BCUT2D eigenvalue weighted by Gasteiger charge is -2.20. The van der Waals surface area contributed by atoms with E-state index in [-0.39, 0.29) is 5.91 Å². The summed E-state index contributed by atoms with van der Waals surface area (Å²) in [6.45, 7) is 3.58. The summed E-state index contributed by atoms with van der Waals surface area (Å²) in [6, 6.07) is 5.38. The van der Waals surface area contributed by atoms with Crippen molar-refractivity contribution in [3.05, 3.63) is 28.2 Å². The molecule has 4 nitrogen and oxygen atoms in total. The highest BCUT2D eigenvalue weighted by Crippen LogP contribution is 2.21. The second-order valence-corrected chi connectivity index (χ2v) is 5.54. The molecule has 5 heteroatoms. The maximum absolute atomic E-state index is 12.4. The molecule has 0 saturated carbocycles. The number of rotatable bonds is 1. The molecule has 0 unspecified atom stereocenters. The number of nitrogen functional groups attached to an aromatic ring is 1. The van der Waals surface area contributed by atoms with Gasteiger partial charge in [0.15, 0.2) is 0 Å². The maximum Gasteiger partial charge on any atom is 0.253 e. The van der Waals surface area contributed by atoms with E-state index in [1.807, 2.05) is 17.0 Å². The van der Waals surface area contributed by atoms with Crippen LogP contribution in [0.4, 0.5) is 5.69 Å². The number of halogens is 1. The second-order valence-electron chi connectivity index (χ2n) is 4.69. The maximum atomic E-state index is 12.4. The minimum absolute atomic E-state index is 0.0736. The molecule has 0 aromatic heterocycles. The van der Waals surface area contributed by atoms with E-state index in [0.29, 0.717) is 11.3 Å². The summed E-state index contributed by atoms with van der Waals surface area (Å²) >= 11 is 3.34. The highest BCUT2D eigenvalue weighted by molar-refractivity contribution is 9.10. The predicted molar refractivity (Wildman–Crippen MR) is 76.6 cm³/mol. The molecule has 18 heavy (non-hydrogen) atoms. The fraction of sp³-hybridized carbons (Fsp3) is 0.462. The summed E-state index contributed by atoms with van der Waals surface area (Å²) in [5.41, 5.74) is 7.09. The van der Waals surface area contributed by atoms with Gasteiger partial charge >= 0.3 is 0 Å². The number of carbonyl (C=O) groups excluding carboxylic acids is 1. The molecule has 1 aliphatic rings. The van der Waals surface area contributed by atoms with Crippen LogP contribution in [0.25, 0.3) is 0 Å². The first-order chi connectivity index (χ1) is 8.58. The molecule has 1 aliphatic heterocycles. The van der Waals surface area contributed by atoms with Gasteiger partial charge in [0.1, 0.15) is 0 Å². The zero-order valence-corrected chi connectivity index (χ0v) is 12.1. The summed E-state index contributed by atoms with van der Waals surface area (Å²) in [7, 11) is 2.09. The Kier molecular flexibility index (Phi) is 4.24. The number of nitrogens with two attached hydrogens (primary N) is 1. The third kappa shape index (κ3) is 3.03. The average molecular weight is 312 g/mol. The zero-order chi connectivity index (χ0) is 13.1. The van der Waals surface area contributed by atoms with Crippen molar-refractivity contribution in [3.63, 3.8) is 0 Å². The lowest BCUT2D eigenvalue weighted by Crippen LogP contribution is -2.34. The van der Waals surface area contributed by atoms with Gasteiger partial charge in [-0.05, 0) is 54.1 Å². The van der Waals surface area contributed by atoms with Crippen molar-refractivity contribution < 1.29 is 4.79 Å². The fourth-order valence-electron chi connectivity index (χ4n) is 2.11. The van der Waals surface area contributed by atoms with Crippen molar-refractivity contribution in [2.45, 2.75) is 6.42 Å². The number of hydrogen-bond donors (Lipinski definition) is 1. The van der Waals surface area contributed by atoms with Gasteiger partial charge in [0, 0.05) is 35.4 Å². The first kappa shape index (κ1) is 13.4. The third-order valence-electron chi connectivity index (χ3n) is 3.25. The van der Waals surface area contributed by atoms with Crippen LogP contribution in [-0.2, 0) is 0 Å². The molecule has 1 saturated heterocycles. The monoisotopic (exact) mass is 311 g/mol. The van der Waals surface area contributed by atoms with Crippen LogP contribution in [0.3, 0.4) is 0 Å². The van der Waals surface area contributed by atoms with Crippen LogP contribution >= 0.6 is 15.9 Å². The summed E-state index contributed by atoms with van der Waals surface area (Å²) in [5, 5.41) is 0. The Morgan fingerprint density at radius 1 is 1.28 bits per heavy atom. The minimum atomic E-state index is 0.0736. The van der Waals surface area contributed by atoms with Gasteiger partial charge in [0.05, 0.1) is 0 Å². The smallest absolute Gasteiger partial charge is 0.253 e. The number of carbonyl (C=O) groups is 1. The predicted octanol–water partition coefficient (Wildman–Crippen LogP) is 1.81. The molecule has 1 fully saturated rings.